The summed E-state index contributed by atoms with van der Waals surface area (Å²) in [7, 11) is 1.68. The Hall–Kier alpha value is -3.73. The number of benzene rings is 1. The van der Waals surface area contributed by atoms with E-state index in [0.29, 0.717) is 28.3 Å². The van der Waals surface area contributed by atoms with Crippen LogP contribution in [0.25, 0.3) is 11.1 Å². The van der Waals surface area contributed by atoms with Gasteiger partial charge in [-0.05, 0) is 32.0 Å². The summed E-state index contributed by atoms with van der Waals surface area (Å²) in [5.41, 5.74) is 9.47. The Balaban J connectivity index is 1.90. The second-order valence-corrected chi connectivity index (χ2v) is 6.58. The molecule has 3 heterocycles. The Morgan fingerprint density at radius 2 is 2.07 bits per heavy atom. The number of nitrogens with two attached hydrogens (primary N) is 1. The number of nitrogen functional groups attached to an aromatic ring is 1. The molecule has 1 aromatic carbocycles. The quantitative estimate of drug-likeness (QED) is 0.641. The smallest absolute Gasteiger partial charge is 0.245 e. The lowest BCUT2D eigenvalue weighted by Crippen LogP contribution is -2.12. The number of nitrogens with zero attached hydrogens (tertiary/aromatic N) is 4. The van der Waals surface area contributed by atoms with Crippen molar-refractivity contribution in [2.75, 3.05) is 12.5 Å². The van der Waals surface area contributed by atoms with Crippen LogP contribution in [0.15, 0.2) is 30.5 Å². The van der Waals surface area contributed by atoms with Crippen LogP contribution < -0.4 is 19.9 Å². The van der Waals surface area contributed by atoms with E-state index in [1.54, 1.807) is 19.3 Å². The molecule has 4 rings (SSSR count). The number of rotatable bonds is 0. The predicted molar refractivity (Wildman–Crippen MR) is 102 cm³/mol. The Bertz CT molecular complexity index is 1100. The van der Waals surface area contributed by atoms with E-state index in [2.05, 4.69) is 16.2 Å². The first kappa shape index (κ1) is 17.7. The largest absolute Gasteiger partial charge is 0.482 e. The van der Waals surface area contributed by atoms with Gasteiger partial charge in [-0.25, -0.2) is 4.98 Å². The molecular formula is C20H19N5O3. The Morgan fingerprint density at radius 3 is 2.86 bits per heavy atom. The molecule has 0 radical (unpaired) electrons. The molecule has 0 amide bonds. The summed E-state index contributed by atoms with van der Waals surface area (Å²) in [6.45, 7) is 3.85. The van der Waals surface area contributed by atoms with E-state index < -0.39 is 0 Å². The minimum absolute atomic E-state index is 0.0626. The number of hydrogen-bond acceptors (Lipinski definition) is 7. The van der Waals surface area contributed by atoms with E-state index in [-0.39, 0.29) is 24.6 Å². The molecule has 142 valence electrons. The molecule has 3 aromatic rings. The summed E-state index contributed by atoms with van der Waals surface area (Å²) in [6, 6.07) is 9.73. The Morgan fingerprint density at radius 1 is 1.25 bits per heavy atom. The molecular weight excluding hydrogens is 358 g/mol. The molecule has 0 aliphatic carbocycles. The van der Waals surface area contributed by atoms with Gasteiger partial charge >= 0.3 is 0 Å². The van der Waals surface area contributed by atoms with Crippen LogP contribution in [0.3, 0.4) is 0 Å². The molecule has 2 bridgehead atoms. The van der Waals surface area contributed by atoms with Gasteiger partial charge in [-0.15, -0.1) is 5.10 Å². The van der Waals surface area contributed by atoms with Crippen LogP contribution in [0.2, 0.25) is 0 Å². The van der Waals surface area contributed by atoms with Crippen LogP contribution >= 0.6 is 0 Å². The third-order valence-corrected chi connectivity index (χ3v) is 4.61. The van der Waals surface area contributed by atoms with Gasteiger partial charge in [0, 0.05) is 24.4 Å². The maximum atomic E-state index is 9.56. The van der Waals surface area contributed by atoms with E-state index >= 15 is 0 Å². The number of nitriles is 1. The fourth-order valence-electron chi connectivity index (χ4n) is 3.19. The van der Waals surface area contributed by atoms with Gasteiger partial charge in [0.15, 0.2) is 11.6 Å². The number of aromatic nitrogens is 3. The Kier molecular flexibility index (Phi) is 4.28. The van der Waals surface area contributed by atoms with Gasteiger partial charge in [0.25, 0.3) is 0 Å². The molecule has 0 fully saturated rings. The fourth-order valence-corrected chi connectivity index (χ4v) is 3.19. The average Bonchev–Trinajstić information content (AvgIpc) is 2.99. The first-order chi connectivity index (χ1) is 13.5. The first-order valence-electron chi connectivity index (χ1n) is 8.73. The molecule has 28 heavy (non-hydrogen) atoms. The number of pyridine rings is 1. The normalized spacial score (nSPS) is 15.4. The monoisotopic (exact) mass is 377 g/mol. The van der Waals surface area contributed by atoms with Crippen molar-refractivity contribution in [3.63, 3.8) is 0 Å². The maximum Gasteiger partial charge on any atom is 0.245 e. The van der Waals surface area contributed by atoms with Gasteiger partial charge in [0.2, 0.25) is 12.7 Å². The van der Waals surface area contributed by atoms with E-state index in [1.807, 2.05) is 32.0 Å². The molecule has 8 heteroatoms. The second-order valence-electron chi connectivity index (χ2n) is 6.58. The molecule has 0 spiro atoms. The molecule has 0 saturated heterocycles. The summed E-state index contributed by atoms with van der Waals surface area (Å²) in [5, 5.41) is 13.9. The molecule has 0 saturated carbocycles. The molecule has 1 aliphatic heterocycles. The predicted octanol–water partition coefficient (Wildman–Crippen LogP) is 3.11. The average molecular weight is 377 g/mol. The topological polar surface area (TPSA) is 108 Å². The van der Waals surface area contributed by atoms with E-state index in [0.717, 1.165) is 11.1 Å². The number of anilines is 1. The van der Waals surface area contributed by atoms with Crippen molar-refractivity contribution in [2.24, 2.45) is 7.05 Å². The highest BCUT2D eigenvalue weighted by atomic mass is 16.7. The van der Waals surface area contributed by atoms with E-state index in [4.69, 9.17) is 19.9 Å². The number of ether oxygens (including phenoxy) is 3. The highest BCUT2D eigenvalue weighted by molar-refractivity contribution is 5.75. The molecule has 0 unspecified atom stereocenters. The van der Waals surface area contributed by atoms with Crippen LogP contribution in [0.1, 0.15) is 29.8 Å². The number of aryl methyl sites for hydroxylation is 2. The molecule has 2 aromatic heterocycles. The van der Waals surface area contributed by atoms with Gasteiger partial charge in [-0.2, -0.15) is 5.26 Å². The minimum Gasteiger partial charge on any atom is -0.482 e. The number of hydrogen-bond donors (Lipinski definition) is 1. The zero-order chi connectivity index (χ0) is 19.8. The van der Waals surface area contributed by atoms with Crippen molar-refractivity contribution in [2.45, 2.75) is 20.0 Å². The van der Waals surface area contributed by atoms with Gasteiger partial charge in [0.05, 0.1) is 5.56 Å². The van der Waals surface area contributed by atoms with Crippen molar-refractivity contribution >= 4 is 5.82 Å². The molecule has 2 N–H and O–H groups in total. The van der Waals surface area contributed by atoms with Crippen molar-refractivity contribution < 1.29 is 14.2 Å². The first-order valence-corrected chi connectivity index (χ1v) is 8.73. The van der Waals surface area contributed by atoms with Crippen LogP contribution in [0.4, 0.5) is 5.82 Å². The number of fused-ring (bicyclic) bond motifs is 5. The SMILES string of the molecule is Cc1ccc2c(c1)[C@@H](C)Oc1cc(cnc1N)-c1c(nn(C)c1C#N)OCO2. The van der Waals surface area contributed by atoms with Crippen molar-refractivity contribution in [3.8, 4) is 34.6 Å². The lowest BCUT2D eigenvalue weighted by atomic mass is 10.1. The van der Waals surface area contributed by atoms with Gasteiger partial charge in [-0.3, -0.25) is 4.68 Å². The zero-order valence-electron chi connectivity index (χ0n) is 15.8. The third kappa shape index (κ3) is 2.97. The molecule has 8 nitrogen and oxygen atoms in total. The van der Waals surface area contributed by atoms with Gasteiger partial charge in [0.1, 0.15) is 23.6 Å². The van der Waals surface area contributed by atoms with Crippen LogP contribution in [-0.2, 0) is 7.05 Å². The molecule has 1 atom stereocenters. The fraction of sp³-hybridized carbons (Fsp3) is 0.250. The highest BCUT2D eigenvalue weighted by Gasteiger charge is 2.23. The van der Waals surface area contributed by atoms with Crippen LogP contribution in [0.5, 0.6) is 17.4 Å². The second kappa shape index (κ2) is 6.78. The lowest BCUT2D eigenvalue weighted by Gasteiger charge is -2.21. The van der Waals surface area contributed by atoms with Gasteiger partial charge in [-0.1, -0.05) is 11.6 Å². The summed E-state index contributed by atoms with van der Waals surface area (Å²) in [4.78, 5) is 4.24. The van der Waals surface area contributed by atoms with Crippen LogP contribution in [-0.4, -0.2) is 21.6 Å². The van der Waals surface area contributed by atoms with E-state index in [1.165, 1.54) is 4.68 Å². The minimum atomic E-state index is -0.336. The third-order valence-electron chi connectivity index (χ3n) is 4.61. The molecule has 1 aliphatic rings. The maximum absolute atomic E-state index is 9.56. The standard InChI is InChI=1S/C20H19N5O3/c1-11-4-5-16-14(6-11)12(2)28-17-7-13(9-23-19(17)22)18-15(8-21)25(3)24-20(18)27-10-26-16/h4-7,9,12H,10H2,1-3H3,(H2,22,23)/t12-/m1/s1. The van der Waals surface area contributed by atoms with Crippen LogP contribution in [0, 0.1) is 18.3 Å². The summed E-state index contributed by atoms with van der Waals surface area (Å²) in [5.74, 6) is 1.59. The zero-order valence-corrected chi connectivity index (χ0v) is 15.8. The van der Waals surface area contributed by atoms with E-state index in [9.17, 15) is 5.26 Å². The van der Waals surface area contributed by atoms with Gasteiger partial charge < -0.3 is 19.9 Å². The summed E-state index contributed by atoms with van der Waals surface area (Å²) >= 11 is 0. The van der Waals surface area contributed by atoms with Crippen molar-refractivity contribution in [1.29, 1.82) is 5.26 Å². The van der Waals surface area contributed by atoms with Crippen molar-refractivity contribution in [1.82, 2.24) is 14.8 Å². The Labute approximate surface area is 162 Å². The summed E-state index contributed by atoms with van der Waals surface area (Å²) in [6.07, 6.45) is 1.24. The van der Waals surface area contributed by atoms with Crippen molar-refractivity contribution in [3.05, 3.63) is 47.3 Å². The lowest BCUT2D eigenvalue weighted by molar-refractivity contribution is 0.110. The highest BCUT2D eigenvalue weighted by Crippen LogP contribution is 2.38. The summed E-state index contributed by atoms with van der Waals surface area (Å²) < 4.78 is 19.2.